The predicted molar refractivity (Wildman–Crippen MR) is 125 cm³/mol. The molecule has 0 radical (unpaired) electrons. The number of carbonyl (C=O) groups excluding carboxylic acids is 1. The first-order valence-corrected chi connectivity index (χ1v) is 12.5. The number of benzene rings is 2. The van der Waals surface area contributed by atoms with Gasteiger partial charge in [-0.1, -0.05) is 18.6 Å². The Morgan fingerprint density at radius 2 is 1.75 bits per heavy atom. The molecular weight excluding hydrogens is 428 g/mol. The van der Waals surface area contributed by atoms with Crippen molar-refractivity contribution in [1.29, 1.82) is 0 Å². The average Bonchev–Trinajstić information content (AvgIpc) is 2.79. The first-order valence-electron chi connectivity index (χ1n) is 11.0. The molecule has 1 N–H and O–H groups in total. The second-order valence-corrected chi connectivity index (χ2v) is 10.1. The van der Waals surface area contributed by atoms with Gasteiger partial charge in [-0.3, -0.25) is 4.79 Å². The molecule has 2 aromatic rings. The number of amides is 1. The Hall–Kier alpha value is -2.58. The molecule has 0 aliphatic carbocycles. The molecule has 1 aliphatic heterocycles. The normalized spacial score (nSPS) is 14.9. The molecule has 32 heavy (non-hydrogen) atoms. The van der Waals surface area contributed by atoms with Crippen LogP contribution in [-0.4, -0.2) is 44.9 Å². The van der Waals surface area contributed by atoms with E-state index in [1.165, 1.54) is 10.4 Å². The summed E-state index contributed by atoms with van der Waals surface area (Å²) in [7, 11) is -2.00. The molecule has 0 unspecified atom stereocenters. The summed E-state index contributed by atoms with van der Waals surface area (Å²) in [5.41, 5.74) is 1.39. The molecule has 0 spiro atoms. The average molecular weight is 461 g/mol. The fourth-order valence-corrected chi connectivity index (χ4v) is 5.18. The van der Waals surface area contributed by atoms with E-state index < -0.39 is 10.0 Å². The van der Waals surface area contributed by atoms with E-state index in [1.54, 1.807) is 19.2 Å². The van der Waals surface area contributed by atoms with E-state index in [1.807, 2.05) is 38.1 Å². The van der Waals surface area contributed by atoms with Crippen molar-refractivity contribution in [3.05, 3.63) is 48.0 Å². The van der Waals surface area contributed by atoms with Crippen LogP contribution in [0.3, 0.4) is 0 Å². The first-order chi connectivity index (χ1) is 15.3. The third-order valence-corrected chi connectivity index (χ3v) is 7.24. The summed E-state index contributed by atoms with van der Waals surface area (Å²) in [6.07, 6.45) is 3.47. The standard InChI is InChI=1S/C24H32N2O5S/c1-18(2)31-23-13-12-21(32(28,29)26-15-5-4-6-16-26)17-22(23)25-24(27)14-9-19-7-10-20(30-3)11-8-19/h7-8,10-13,17-18H,4-6,9,14-16H2,1-3H3,(H,25,27). The highest BCUT2D eigenvalue weighted by atomic mass is 32.2. The van der Waals surface area contributed by atoms with Crippen LogP contribution in [0.1, 0.15) is 45.1 Å². The summed E-state index contributed by atoms with van der Waals surface area (Å²) in [5, 5.41) is 2.85. The second-order valence-electron chi connectivity index (χ2n) is 8.19. The lowest BCUT2D eigenvalue weighted by Crippen LogP contribution is -2.35. The smallest absolute Gasteiger partial charge is 0.243 e. The molecule has 1 heterocycles. The van der Waals surface area contributed by atoms with Gasteiger partial charge in [0, 0.05) is 19.5 Å². The van der Waals surface area contributed by atoms with Crippen molar-refractivity contribution < 1.29 is 22.7 Å². The van der Waals surface area contributed by atoms with E-state index in [0.29, 0.717) is 30.9 Å². The lowest BCUT2D eigenvalue weighted by Gasteiger charge is -2.26. The maximum Gasteiger partial charge on any atom is 0.243 e. The van der Waals surface area contributed by atoms with Crippen molar-refractivity contribution in [3.63, 3.8) is 0 Å². The molecule has 0 aromatic heterocycles. The Labute approximate surface area is 190 Å². The third-order valence-electron chi connectivity index (χ3n) is 5.34. The number of ether oxygens (including phenoxy) is 2. The van der Waals surface area contributed by atoms with Gasteiger partial charge in [0.1, 0.15) is 11.5 Å². The van der Waals surface area contributed by atoms with E-state index >= 15 is 0 Å². The molecule has 1 saturated heterocycles. The van der Waals surface area contributed by atoms with Gasteiger partial charge in [-0.15, -0.1) is 0 Å². The number of piperidine rings is 1. The fraction of sp³-hybridized carbons (Fsp3) is 0.458. The van der Waals surface area contributed by atoms with Crippen LogP contribution in [0.4, 0.5) is 5.69 Å². The van der Waals surface area contributed by atoms with Crippen molar-refractivity contribution in [2.45, 2.75) is 57.0 Å². The number of anilines is 1. The van der Waals surface area contributed by atoms with Gasteiger partial charge < -0.3 is 14.8 Å². The van der Waals surface area contributed by atoms with E-state index in [2.05, 4.69) is 5.32 Å². The second kappa shape index (κ2) is 10.8. The summed E-state index contributed by atoms with van der Waals surface area (Å²) in [5.74, 6) is 1.01. The minimum absolute atomic E-state index is 0.116. The lowest BCUT2D eigenvalue weighted by molar-refractivity contribution is -0.116. The lowest BCUT2D eigenvalue weighted by atomic mass is 10.1. The summed E-state index contributed by atoms with van der Waals surface area (Å²) in [4.78, 5) is 12.8. The van der Waals surface area contributed by atoms with Crippen molar-refractivity contribution in [2.24, 2.45) is 0 Å². The minimum atomic E-state index is -3.61. The van der Waals surface area contributed by atoms with Crippen LogP contribution in [0.2, 0.25) is 0 Å². The molecular formula is C24H32N2O5S. The molecule has 0 atom stereocenters. The van der Waals surface area contributed by atoms with E-state index in [-0.39, 0.29) is 23.3 Å². The van der Waals surface area contributed by atoms with Crippen LogP contribution in [0, 0.1) is 0 Å². The highest BCUT2D eigenvalue weighted by Crippen LogP contribution is 2.31. The van der Waals surface area contributed by atoms with Gasteiger partial charge in [0.2, 0.25) is 15.9 Å². The van der Waals surface area contributed by atoms with Gasteiger partial charge in [-0.25, -0.2) is 8.42 Å². The molecule has 8 heteroatoms. The minimum Gasteiger partial charge on any atom is -0.497 e. The molecule has 3 rings (SSSR count). The first kappa shape index (κ1) is 24.1. The highest BCUT2D eigenvalue weighted by Gasteiger charge is 2.27. The summed E-state index contributed by atoms with van der Waals surface area (Å²) >= 11 is 0. The number of hydrogen-bond acceptors (Lipinski definition) is 5. The Bertz CT molecular complexity index is 1010. The van der Waals surface area contributed by atoms with Gasteiger partial charge >= 0.3 is 0 Å². The monoisotopic (exact) mass is 460 g/mol. The molecule has 1 aliphatic rings. The number of methoxy groups -OCH3 is 1. The van der Waals surface area contributed by atoms with Gasteiger partial charge in [-0.05, 0) is 69.0 Å². The maximum atomic E-state index is 13.1. The number of nitrogens with zero attached hydrogens (tertiary/aromatic N) is 1. The van der Waals surface area contributed by atoms with E-state index in [0.717, 1.165) is 30.6 Å². The molecule has 7 nitrogen and oxygen atoms in total. The zero-order valence-electron chi connectivity index (χ0n) is 19.0. The van der Waals surface area contributed by atoms with Crippen molar-refractivity contribution in [3.8, 4) is 11.5 Å². The largest absolute Gasteiger partial charge is 0.497 e. The Balaban J connectivity index is 1.76. The zero-order chi connectivity index (χ0) is 23.1. The van der Waals surface area contributed by atoms with Gasteiger partial charge in [0.15, 0.2) is 0 Å². The summed E-state index contributed by atoms with van der Waals surface area (Å²) < 4.78 is 38.7. The van der Waals surface area contributed by atoms with Crippen LogP contribution < -0.4 is 14.8 Å². The topological polar surface area (TPSA) is 84.9 Å². The van der Waals surface area contributed by atoms with Crippen LogP contribution in [-0.2, 0) is 21.2 Å². The summed E-state index contributed by atoms with van der Waals surface area (Å²) in [6, 6.07) is 12.2. The highest BCUT2D eigenvalue weighted by molar-refractivity contribution is 7.89. The summed E-state index contributed by atoms with van der Waals surface area (Å²) in [6.45, 7) is 4.81. The fourth-order valence-electron chi connectivity index (χ4n) is 3.64. The number of hydrogen-bond donors (Lipinski definition) is 1. The number of nitrogens with one attached hydrogen (secondary N) is 1. The van der Waals surface area contributed by atoms with Gasteiger partial charge in [0.25, 0.3) is 0 Å². The van der Waals surface area contributed by atoms with Gasteiger partial charge in [-0.2, -0.15) is 4.31 Å². The van der Waals surface area contributed by atoms with Gasteiger partial charge in [0.05, 0.1) is 23.8 Å². The quantitative estimate of drug-likeness (QED) is 0.605. The van der Waals surface area contributed by atoms with E-state index in [4.69, 9.17) is 9.47 Å². The predicted octanol–water partition coefficient (Wildman–Crippen LogP) is 4.23. The van der Waals surface area contributed by atoms with Crippen molar-refractivity contribution in [1.82, 2.24) is 4.31 Å². The number of carbonyl (C=O) groups is 1. The molecule has 1 fully saturated rings. The molecule has 174 valence electrons. The van der Waals surface area contributed by atoms with Crippen molar-refractivity contribution in [2.75, 3.05) is 25.5 Å². The molecule has 2 aromatic carbocycles. The Morgan fingerprint density at radius 1 is 1.06 bits per heavy atom. The Kier molecular flexibility index (Phi) is 8.15. The molecule has 0 saturated carbocycles. The zero-order valence-corrected chi connectivity index (χ0v) is 19.8. The number of aryl methyl sites for hydroxylation is 1. The van der Waals surface area contributed by atoms with Crippen LogP contribution >= 0.6 is 0 Å². The van der Waals surface area contributed by atoms with Crippen LogP contribution in [0.5, 0.6) is 11.5 Å². The molecule has 0 bridgehead atoms. The third kappa shape index (κ3) is 6.23. The maximum absolute atomic E-state index is 13.1. The van der Waals surface area contributed by atoms with Crippen LogP contribution in [0.15, 0.2) is 47.4 Å². The van der Waals surface area contributed by atoms with Crippen molar-refractivity contribution >= 4 is 21.6 Å². The van der Waals surface area contributed by atoms with Crippen LogP contribution in [0.25, 0.3) is 0 Å². The SMILES string of the molecule is COc1ccc(CCC(=O)Nc2cc(S(=O)(=O)N3CCCCC3)ccc2OC(C)C)cc1. The number of sulfonamides is 1. The van der Waals surface area contributed by atoms with E-state index in [9.17, 15) is 13.2 Å². The molecule has 1 amide bonds. The number of rotatable bonds is 9. The Morgan fingerprint density at radius 3 is 2.38 bits per heavy atom.